The van der Waals surface area contributed by atoms with Gasteiger partial charge in [0.25, 0.3) is 0 Å². The number of quaternary nitrogens is 1. The van der Waals surface area contributed by atoms with Gasteiger partial charge in [-0.2, -0.15) is 0 Å². The van der Waals surface area contributed by atoms with Gasteiger partial charge < -0.3 is 19.2 Å². The highest BCUT2D eigenvalue weighted by molar-refractivity contribution is 6.06. The van der Waals surface area contributed by atoms with Crippen molar-refractivity contribution in [3.63, 3.8) is 0 Å². The van der Waals surface area contributed by atoms with Crippen LogP contribution >= 0.6 is 0 Å². The molecule has 2 aliphatic rings. The molecule has 6 aromatic carbocycles. The third-order valence-corrected chi connectivity index (χ3v) is 10.1. The molecule has 0 fully saturated rings. The molecule has 0 saturated carbocycles. The molecular formula is C45H38NO3+. The van der Waals surface area contributed by atoms with E-state index in [9.17, 15) is 0 Å². The molecule has 1 aromatic heterocycles. The monoisotopic (exact) mass is 640 g/mol. The zero-order chi connectivity index (χ0) is 33.2. The van der Waals surface area contributed by atoms with Crippen LogP contribution in [0.4, 0.5) is 0 Å². The van der Waals surface area contributed by atoms with Gasteiger partial charge in [0.1, 0.15) is 34.2 Å². The molecule has 2 N–H and O–H groups in total. The van der Waals surface area contributed by atoms with E-state index in [0.717, 1.165) is 62.1 Å². The maximum absolute atomic E-state index is 6.62. The van der Waals surface area contributed by atoms with Crippen molar-refractivity contribution in [1.29, 1.82) is 0 Å². The maximum Gasteiger partial charge on any atom is 0.245 e. The van der Waals surface area contributed by atoms with Crippen molar-refractivity contribution in [3.8, 4) is 33.8 Å². The Morgan fingerprint density at radius 1 is 0.571 bits per heavy atom. The summed E-state index contributed by atoms with van der Waals surface area (Å²) in [5.74, 6) is 0.770. The molecule has 2 aliphatic heterocycles. The van der Waals surface area contributed by atoms with Gasteiger partial charge >= 0.3 is 0 Å². The van der Waals surface area contributed by atoms with Crippen molar-refractivity contribution in [2.45, 2.75) is 44.6 Å². The van der Waals surface area contributed by atoms with Crippen LogP contribution in [0.2, 0.25) is 0 Å². The normalized spacial score (nSPS) is 19.7. The molecule has 7 aromatic rings. The molecule has 0 saturated heterocycles. The Kier molecular flexibility index (Phi) is 6.79. The summed E-state index contributed by atoms with van der Waals surface area (Å²) in [6.45, 7) is 6.32. The lowest BCUT2D eigenvalue weighted by Crippen LogP contribution is -2.95. The van der Waals surface area contributed by atoms with Gasteiger partial charge in [0.05, 0.1) is 0 Å². The molecule has 2 atom stereocenters. The Balaban J connectivity index is 1.14. The Morgan fingerprint density at radius 2 is 1.24 bits per heavy atom. The number of hydrogen-bond donors (Lipinski definition) is 1. The maximum atomic E-state index is 6.62. The van der Waals surface area contributed by atoms with Gasteiger partial charge in [-0.15, -0.1) is 0 Å². The van der Waals surface area contributed by atoms with Gasteiger partial charge in [0, 0.05) is 53.3 Å². The quantitative estimate of drug-likeness (QED) is 0.208. The van der Waals surface area contributed by atoms with Gasteiger partial charge in [-0.1, -0.05) is 97.1 Å². The van der Waals surface area contributed by atoms with Crippen molar-refractivity contribution in [3.05, 3.63) is 162 Å². The number of nitrogens with two attached hydrogens (primary N) is 1. The van der Waals surface area contributed by atoms with Gasteiger partial charge in [-0.25, -0.2) is 0 Å². The van der Waals surface area contributed by atoms with E-state index in [1.54, 1.807) is 0 Å². The fourth-order valence-electron chi connectivity index (χ4n) is 7.75. The van der Waals surface area contributed by atoms with Crippen LogP contribution in [-0.2, 0) is 5.54 Å². The number of fused-ring (bicyclic) bond motifs is 6. The van der Waals surface area contributed by atoms with E-state index in [0.29, 0.717) is 0 Å². The molecule has 3 heterocycles. The Bertz CT molecular complexity index is 2390. The van der Waals surface area contributed by atoms with Crippen LogP contribution in [0.3, 0.4) is 0 Å². The lowest BCUT2D eigenvalue weighted by atomic mass is 9.78. The van der Waals surface area contributed by atoms with Gasteiger partial charge in [0.2, 0.25) is 5.79 Å². The summed E-state index contributed by atoms with van der Waals surface area (Å²) in [5.41, 5.74) is 11.1. The summed E-state index contributed by atoms with van der Waals surface area (Å²) in [6.07, 6.45) is 3.35. The highest BCUT2D eigenvalue weighted by atomic mass is 16.7. The predicted octanol–water partition coefficient (Wildman–Crippen LogP) is 10.4. The van der Waals surface area contributed by atoms with E-state index in [1.807, 2.05) is 26.0 Å². The standard InChI is InChI=1S/C45H37NO3/c1-44(2)48-42-23-20-31(33-26-39(29-12-6-4-7-13-29)46-45(3,28-33)34-14-8-5-9-15-34)25-38(42)36-21-18-32(27-43(36)49-44)30-19-22-41-37(24-30)35-16-10-11-17-40(35)47-41/h4-27,39,46H,28H2,1-3H3/p+1. The number of hydrogen-bond acceptors (Lipinski definition) is 3. The second-order valence-corrected chi connectivity index (χ2v) is 14.1. The lowest BCUT2D eigenvalue weighted by molar-refractivity contribution is -0.762. The molecule has 49 heavy (non-hydrogen) atoms. The van der Waals surface area contributed by atoms with E-state index in [4.69, 9.17) is 13.9 Å². The molecule has 9 rings (SSSR count). The number of rotatable bonds is 4. The van der Waals surface area contributed by atoms with Gasteiger partial charge in [0.15, 0.2) is 0 Å². The van der Waals surface area contributed by atoms with Crippen LogP contribution in [0, 0.1) is 0 Å². The largest absolute Gasteiger partial charge is 0.456 e. The average Bonchev–Trinajstić information content (AvgIpc) is 3.45. The van der Waals surface area contributed by atoms with Crippen LogP contribution in [0.5, 0.6) is 11.5 Å². The Hall–Kier alpha value is -5.58. The van der Waals surface area contributed by atoms with Crippen molar-refractivity contribution in [2.24, 2.45) is 0 Å². The molecule has 240 valence electrons. The van der Waals surface area contributed by atoms with Crippen molar-refractivity contribution >= 4 is 27.5 Å². The summed E-state index contributed by atoms with van der Waals surface area (Å²) in [4.78, 5) is 0. The van der Waals surface area contributed by atoms with Crippen molar-refractivity contribution in [2.75, 3.05) is 0 Å². The third-order valence-electron chi connectivity index (χ3n) is 10.1. The number of furan rings is 1. The number of benzene rings is 6. The summed E-state index contributed by atoms with van der Waals surface area (Å²) in [7, 11) is 0. The van der Waals surface area contributed by atoms with E-state index in [2.05, 4.69) is 146 Å². The molecule has 0 aliphatic carbocycles. The van der Waals surface area contributed by atoms with E-state index >= 15 is 0 Å². The first-order chi connectivity index (χ1) is 23.8. The molecule has 2 unspecified atom stereocenters. The van der Waals surface area contributed by atoms with E-state index in [-0.39, 0.29) is 11.6 Å². The Morgan fingerprint density at radius 3 is 2.08 bits per heavy atom. The minimum atomic E-state index is -0.853. The number of para-hydroxylation sites is 1. The van der Waals surface area contributed by atoms with Crippen LogP contribution in [0.15, 0.2) is 150 Å². The minimum absolute atomic E-state index is 0.130. The van der Waals surface area contributed by atoms with Gasteiger partial charge in [-0.05, 0) is 77.7 Å². The van der Waals surface area contributed by atoms with Crippen LogP contribution < -0.4 is 14.8 Å². The summed E-state index contributed by atoms with van der Waals surface area (Å²) >= 11 is 0. The molecule has 0 radical (unpaired) electrons. The fourth-order valence-corrected chi connectivity index (χ4v) is 7.75. The van der Waals surface area contributed by atoms with Gasteiger partial charge in [-0.3, -0.25) is 0 Å². The first-order valence-electron chi connectivity index (χ1n) is 17.1. The molecule has 4 heteroatoms. The van der Waals surface area contributed by atoms with Crippen molar-refractivity contribution < 1.29 is 19.2 Å². The topological polar surface area (TPSA) is 48.2 Å². The average molecular weight is 641 g/mol. The summed E-state index contributed by atoms with van der Waals surface area (Å²) in [5, 5.41) is 4.75. The summed E-state index contributed by atoms with van der Waals surface area (Å²) < 4.78 is 19.3. The summed E-state index contributed by atoms with van der Waals surface area (Å²) in [6, 6.07) is 49.6. The van der Waals surface area contributed by atoms with E-state index in [1.165, 1.54) is 22.3 Å². The zero-order valence-electron chi connectivity index (χ0n) is 27.9. The second-order valence-electron chi connectivity index (χ2n) is 14.1. The molecule has 0 amide bonds. The zero-order valence-corrected chi connectivity index (χ0v) is 27.9. The SMILES string of the molecule is CC1(C)Oc2cc(-c3ccc4oc5ccccc5c4c3)ccc2-c2cc(C3=CC(c4ccccc4)[NH2+]C(C)(c4ccccc4)C3)ccc2O1. The first-order valence-corrected chi connectivity index (χ1v) is 17.1. The molecular weight excluding hydrogens is 602 g/mol. The number of ether oxygens (including phenoxy) is 2. The third kappa shape index (κ3) is 5.29. The first kappa shape index (κ1) is 29.6. The minimum Gasteiger partial charge on any atom is -0.456 e. The van der Waals surface area contributed by atoms with Crippen molar-refractivity contribution in [1.82, 2.24) is 0 Å². The molecule has 0 bridgehead atoms. The van der Waals surface area contributed by atoms with Crippen LogP contribution in [0.25, 0.3) is 49.8 Å². The van der Waals surface area contributed by atoms with Crippen LogP contribution in [0.1, 0.15) is 49.9 Å². The Labute approximate surface area is 286 Å². The fraction of sp³-hybridized carbons (Fsp3) is 0.156. The second kappa shape index (κ2) is 11.3. The highest BCUT2D eigenvalue weighted by Gasteiger charge is 2.39. The lowest BCUT2D eigenvalue weighted by Gasteiger charge is -2.37. The highest BCUT2D eigenvalue weighted by Crippen LogP contribution is 2.46. The van der Waals surface area contributed by atoms with Crippen LogP contribution in [-0.4, -0.2) is 5.79 Å². The van der Waals surface area contributed by atoms with E-state index < -0.39 is 5.79 Å². The molecule has 0 spiro atoms. The predicted molar refractivity (Wildman–Crippen MR) is 197 cm³/mol. The molecule has 4 nitrogen and oxygen atoms in total. The smallest absolute Gasteiger partial charge is 0.245 e.